The maximum atomic E-state index is 8.94. The van der Waals surface area contributed by atoms with E-state index < -0.39 is 8.56 Å². The van der Waals surface area contributed by atoms with E-state index in [1.807, 2.05) is 27.3 Å². The van der Waals surface area contributed by atoms with Gasteiger partial charge in [-0.15, -0.1) is 0 Å². The smallest absolute Gasteiger partial charge is 0.352 e. The van der Waals surface area contributed by atoms with Gasteiger partial charge in [0.25, 0.3) is 0 Å². The quantitative estimate of drug-likeness (QED) is 0.620. The fourth-order valence-corrected chi connectivity index (χ4v) is 4.00. The van der Waals surface area contributed by atoms with Crippen LogP contribution < -0.4 is 0 Å². The lowest BCUT2D eigenvalue weighted by Gasteiger charge is -2.29. The van der Waals surface area contributed by atoms with Crippen LogP contribution in [0.3, 0.4) is 0 Å². The van der Waals surface area contributed by atoms with E-state index in [2.05, 4.69) is 6.07 Å². The Hall–Kier alpha value is -0.373. The molecule has 13 heavy (non-hydrogen) atoms. The van der Waals surface area contributed by atoms with Crippen molar-refractivity contribution >= 4 is 8.56 Å². The van der Waals surface area contributed by atoms with Crippen LogP contribution in [0.2, 0.25) is 12.1 Å². The second kappa shape index (κ2) is 6.14. The molecule has 0 fully saturated rings. The van der Waals surface area contributed by atoms with Crippen molar-refractivity contribution in [1.29, 1.82) is 5.26 Å². The standard InChI is InChI=1S/C9H19NO2Si/c1-5-9(8-10)13(4,11-6-2)12-7-3/h9H,5-7H2,1-4H3. The molecule has 0 spiro atoms. The van der Waals surface area contributed by atoms with Crippen LogP contribution in [-0.2, 0) is 8.85 Å². The van der Waals surface area contributed by atoms with Crippen molar-refractivity contribution in [1.82, 2.24) is 0 Å². The summed E-state index contributed by atoms with van der Waals surface area (Å²) in [5.41, 5.74) is -0.0626. The molecular weight excluding hydrogens is 182 g/mol. The lowest BCUT2D eigenvalue weighted by Crippen LogP contribution is -2.43. The van der Waals surface area contributed by atoms with Crippen LogP contribution in [-0.4, -0.2) is 21.8 Å². The highest BCUT2D eigenvalue weighted by Gasteiger charge is 2.39. The Kier molecular flexibility index (Phi) is 5.96. The third-order valence-corrected chi connectivity index (χ3v) is 5.59. The van der Waals surface area contributed by atoms with E-state index in [-0.39, 0.29) is 5.54 Å². The molecule has 0 heterocycles. The van der Waals surface area contributed by atoms with E-state index in [9.17, 15) is 0 Å². The molecule has 0 rings (SSSR count). The van der Waals surface area contributed by atoms with Crippen molar-refractivity contribution in [2.45, 2.75) is 39.3 Å². The van der Waals surface area contributed by atoms with E-state index >= 15 is 0 Å². The molecule has 1 unspecified atom stereocenters. The van der Waals surface area contributed by atoms with Gasteiger partial charge >= 0.3 is 8.56 Å². The van der Waals surface area contributed by atoms with Crippen LogP contribution in [0.1, 0.15) is 27.2 Å². The first-order valence-electron chi connectivity index (χ1n) is 4.82. The van der Waals surface area contributed by atoms with Gasteiger partial charge in [-0.3, -0.25) is 0 Å². The van der Waals surface area contributed by atoms with Crippen molar-refractivity contribution in [3.63, 3.8) is 0 Å². The molecule has 0 saturated carbocycles. The summed E-state index contributed by atoms with van der Waals surface area (Å²) in [6.45, 7) is 9.10. The molecule has 0 aromatic carbocycles. The Morgan fingerprint density at radius 2 is 1.69 bits per heavy atom. The molecule has 0 bridgehead atoms. The van der Waals surface area contributed by atoms with Crippen LogP contribution in [0.4, 0.5) is 0 Å². The zero-order valence-corrected chi connectivity index (χ0v) is 9.96. The van der Waals surface area contributed by atoms with Gasteiger partial charge in [-0.1, -0.05) is 6.92 Å². The van der Waals surface area contributed by atoms with Crippen LogP contribution >= 0.6 is 0 Å². The Morgan fingerprint density at radius 1 is 1.23 bits per heavy atom. The molecule has 3 nitrogen and oxygen atoms in total. The predicted molar refractivity (Wildman–Crippen MR) is 54.5 cm³/mol. The Morgan fingerprint density at radius 3 is 1.92 bits per heavy atom. The molecule has 4 heteroatoms. The van der Waals surface area contributed by atoms with Crippen molar-refractivity contribution in [3.8, 4) is 6.07 Å². The van der Waals surface area contributed by atoms with Gasteiger partial charge in [-0.25, -0.2) is 0 Å². The lowest BCUT2D eigenvalue weighted by atomic mass is 10.4. The van der Waals surface area contributed by atoms with Gasteiger partial charge in [0, 0.05) is 13.2 Å². The average Bonchev–Trinajstić information content (AvgIpc) is 2.07. The van der Waals surface area contributed by atoms with Crippen LogP contribution in [0.5, 0.6) is 0 Å². The minimum absolute atomic E-state index is 0.0626. The summed E-state index contributed by atoms with van der Waals surface area (Å²) in [6, 6.07) is 2.27. The number of nitrogens with zero attached hydrogens (tertiary/aromatic N) is 1. The van der Waals surface area contributed by atoms with Gasteiger partial charge in [0.2, 0.25) is 0 Å². The van der Waals surface area contributed by atoms with Crippen molar-refractivity contribution in [2.75, 3.05) is 13.2 Å². The summed E-state index contributed by atoms with van der Waals surface area (Å²) in [5.74, 6) is 0. The van der Waals surface area contributed by atoms with Gasteiger partial charge in [-0.05, 0) is 26.8 Å². The highest BCUT2D eigenvalue weighted by atomic mass is 28.4. The number of rotatable bonds is 6. The summed E-state index contributed by atoms with van der Waals surface area (Å²) in [6.07, 6.45) is 0.805. The third kappa shape index (κ3) is 3.47. The van der Waals surface area contributed by atoms with Crippen LogP contribution in [0.25, 0.3) is 0 Å². The van der Waals surface area contributed by atoms with Crippen LogP contribution in [0, 0.1) is 11.3 Å². The second-order valence-electron chi connectivity index (χ2n) is 2.97. The molecular formula is C9H19NO2Si. The molecule has 0 amide bonds. The first-order chi connectivity index (χ1) is 6.14. The number of hydrogen-bond acceptors (Lipinski definition) is 3. The fourth-order valence-electron chi connectivity index (χ4n) is 1.40. The minimum Gasteiger partial charge on any atom is -0.394 e. The highest BCUT2D eigenvalue weighted by molar-refractivity contribution is 6.68. The van der Waals surface area contributed by atoms with Crippen molar-refractivity contribution < 1.29 is 8.85 Å². The Balaban J connectivity index is 4.45. The summed E-state index contributed by atoms with van der Waals surface area (Å²) >= 11 is 0. The van der Waals surface area contributed by atoms with Gasteiger partial charge in [0.1, 0.15) is 0 Å². The highest BCUT2D eigenvalue weighted by Crippen LogP contribution is 2.26. The van der Waals surface area contributed by atoms with E-state index in [4.69, 9.17) is 14.1 Å². The molecule has 0 radical (unpaired) electrons. The normalized spacial score (nSPS) is 13.8. The average molecular weight is 201 g/mol. The topological polar surface area (TPSA) is 42.2 Å². The summed E-state index contributed by atoms with van der Waals surface area (Å²) in [7, 11) is -2.24. The van der Waals surface area contributed by atoms with Crippen molar-refractivity contribution in [2.24, 2.45) is 0 Å². The molecule has 1 atom stereocenters. The number of hydrogen-bond donors (Lipinski definition) is 0. The maximum Gasteiger partial charge on any atom is 0.352 e. The first kappa shape index (κ1) is 12.6. The maximum absolute atomic E-state index is 8.94. The molecule has 0 saturated heterocycles. The van der Waals surface area contributed by atoms with E-state index in [1.165, 1.54) is 0 Å². The van der Waals surface area contributed by atoms with E-state index in [1.54, 1.807) is 0 Å². The molecule has 0 aromatic rings. The predicted octanol–water partition coefficient (Wildman–Crippen LogP) is 2.44. The summed E-state index contributed by atoms with van der Waals surface area (Å²) < 4.78 is 11.2. The zero-order valence-electron chi connectivity index (χ0n) is 8.96. The summed E-state index contributed by atoms with van der Waals surface area (Å²) in [5, 5.41) is 8.94. The lowest BCUT2D eigenvalue weighted by molar-refractivity contribution is 0.183. The van der Waals surface area contributed by atoms with Gasteiger partial charge in [0.05, 0.1) is 11.6 Å². The first-order valence-corrected chi connectivity index (χ1v) is 7.21. The fraction of sp³-hybridized carbons (Fsp3) is 0.889. The zero-order chi connectivity index (χ0) is 10.3. The molecule has 0 N–H and O–H groups in total. The molecule has 0 aliphatic rings. The van der Waals surface area contributed by atoms with Gasteiger partial charge < -0.3 is 8.85 Å². The van der Waals surface area contributed by atoms with Gasteiger partial charge in [0.15, 0.2) is 0 Å². The third-order valence-electron chi connectivity index (χ3n) is 2.06. The molecule has 0 aromatic heterocycles. The Labute approximate surface area is 81.9 Å². The molecule has 0 aliphatic carbocycles. The molecule has 76 valence electrons. The van der Waals surface area contributed by atoms with E-state index in [0.29, 0.717) is 13.2 Å². The SMILES string of the molecule is CCO[Si](C)(OCC)C(C#N)CC. The second-order valence-corrected chi connectivity index (χ2v) is 6.28. The Bertz CT molecular complexity index is 173. The van der Waals surface area contributed by atoms with Crippen molar-refractivity contribution in [3.05, 3.63) is 0 Å². The molecule has 0 aliphatic heterocycles. The van der Waals surface area contributed by atoms with Crippen LogP contribution in [0.15, 0.2) is 0 Å². The minimum atomic E-state index is -2.24. The van der Waals surface area contributed by atoms with Gasteiger partial charge in [-0.2, -0.15) is 5.26 Å². The number of nitriles is 1. The largest absolute Gasteiger partial charge is 0.394 e. The monoisotopic (exact) mass is 201 g/mol. The van der Waals surface area contributed by atoms with E-state index in [0.717, 1.165) is 6.42 Å². The summed E-state index contributed by atoms with van der Waals surface area (Å²) in [4.78, 5) is 0.